The summed E-state index contributed by atoms with van der Waals surface area (Å²) in [4.78, 5) is 15.4. The number of halogens is 5. The molecule has 7 rings (SSSR count). The van der Waals surface area contributed by atoms with E-state index in [1.165, 1.54) is 29.3 Å². The van der Waals surface area contributed by atoms with Crippen LogP contribution in [0.2, 0.25) is 0 Å². The van der Waals surface area contributed by atoms with Crippen molar-refractivity contribution < 1.29 is 38.3 Å². The van der Waals surface area contributed by atoms with Gasteiger partial charge >= 0.3 is 6.01 Å². The number of anilines is 2. The topological polar surface area (TPSA) is 89.6 Å². The third-order valence-corrected chi connectivity index (χ3v) is 9.31. The summed E-state index contributed by atoms with van der Waals surface area (Å²) >= 11 is 0. The summed E-state index contributed by atoms with van der Waals surface area (Å²) in [6, 6.07) is 3.94. The van der Waals surface area contributed by atoms with Crippen molar-refractivity contribution in [3.05, 3.63) is 47.7 Å². The molecule has 0 spiro atoms. The van der Waals surface area contributed by atoms with Gasteiger partial charge in [-0.2, -0.15) is 9.97 Å². The first-order chi connectivity index (χ1) is 24.5. The zero-order valence-electron chi connectivity index (χ0n) is 30.1. The van der Waals surface area contributed by atoms with Crippen LogP contribution in [0.5, 0.6) is 6.01 Å². The highest BCUT2D eigenvalue weighted by atomic mass is 19.3. The number of rotatable bonds is 6. The number of nitrogen functional groups attached to an aromatic ring is 1. The number of terminal acetylenes is 1. The van der Waals surface area contributed by atoms with Crippen LogP contribution >= 0.6 is 0 Å². The molecular formula is C34H33F5N6O2. The Balaban J connectivity index is 1.42. The number of fused-ring (bicyclic) bond motifs is 3. The molecule has 1 saturated carbocycles. The number of hydrogen-bond donors (Lipinski definition) is 1. The van der Waals surface area contributed by atoms with Crippen LogP contribution in [-0.2, 0) is 4.74 Å². The van der Waals surface area contributed by atoms with Gasteiger partial charge in [0.15, 0.2) is 5.82 Å². The average Bonchev–Trinajstić information content (AvgIpc) is 3.77. The van der Waals surface area contributed by atoms with Gasteiger partial charge in [-0.25, -0.2) is 22.0 Å². The molecule has 0 amide bonds. The molecule has 5 atom stereocenters. The van der Waals surface area contributed by atoms with E-state index in [2.05, 4.69) is 20.9 Å². The smallest absolute Gasteiger partial charge is 0.319 e. The van der Waals surface area contributed by atoms with Gasteiger partial charge in [0.05, 0.1) is 39.5 Å². The number of nitrogens with two attached hydrogens (primary N) is 1. The molecule has 8 nitrogen and oxygen atoms in total. The number of alkyl halides is 3. The van der Waals surface area contributed by atoms with Crippen LogP contribution in [0.4, 0.5) is 33.5 Å². The summed E-state index contributed by atoms with van der Waals surface area (Å²) in [5.74, 6) is -1.80. The molecule has 2 aromatic carbocycles. The highest BCUT2D eigenvalue weighted by Gasteiger charge is 2.56. The summed E-state index contributed by atoms with van der Waals surface area (Å²) in [6.07, 6.45) is 2.15. The van der Waals surface area contributed by atoms with Gasteiger partial charge in [-0.1, -0.05) is 18.9 Å². The molecule has 1 aliphatic carbocycles. The van der Waals surface area contributed by atoms with E-state index in [0.717, 1.165) is 17.9 Å². The van der Waals surface area contributed by atoms with Crippen molar-refractivity contribution in [2.24, 2.45) is 17.3 Å². The van der Waals surface area contributed by atoms with Crippen LogP contribution in [0.3, 0.4) is 0 Å². The molecule has 47 heavy (non-hydrogen) atoms. The van der Waals surface area contributed by atoms with Crippen LogP contribution in [-0.4, -0.2) is 84.9 Å². The van der Waals surface area contributed by atoms with Crippen molar-refractivity contribution in [1.82, 2.24) is 19.9 Å². The fraction of sp³-hybridized carbons (Fsp3) is 0.441. The van der Waals surface area contributed by atoms with E-state index >= 15 is 8.78 Å². The summed E-state index contributed by atoms with van der Waals surface area (Å²) in [5, 5.41) is 0.510. The molecule has 246 valence electrons. The number of likely N-dealkylation sites (tertiary alicyclic amines) is 1. The number of hydrogen-bond acceptors (Lipinski definition) is 8. The van der Waals surface area contributed by atoms with E-state index in [1.807, 2.05) is 0 Å². The van der Waals surface area contributed by atoms with Crippen LogP contribution in [0.1, 0.15) is 25.8 Å². The van der Waals surface area contributed by atoms with E-state index < -0.39 is 79.1 Å². The Morgan fingerprint density at radius 3 is 2.87 bits per heavy atom. The van der Waals surface area contributed by atoms with Crippen LogP contribution < -0.4 is 15.4 Å². The first-order valence-corrected chi connectivity index (χ1v) is 15.0. The first kappa shape index (κ1) is 25.8. The Labute approximate surface area is 275 Å². The maximum atomic E-state index is 17.0. The van der Waals surface area contributed by atoms with Gasteiger partial charge in [-0.15, -0.1) is 6.42 Å². The molecule has 4 heterocycles. The zero-order chi connectivity index (χ0) is 37.5. The number of pyridine rings is 1. The van der Waals surface area contributed by atoms with Crippen molar-refractivity contribution in [2.75, 3.05) is 57.0 Å². The summed E-state index contributed by atoms with van der Waals surface area (Å²) in [6.45, 7) is -5.12. The molecule has 4 aromatic rings. The lowest BCUT2D eigenvalue weighted by Gasteiger charge is -2.44. The molecule has 3 fully saturated rings. The normalized spacial score (nSPS) is 28.5. The maximum absolute atomic E-state index is 17.0. The highest BCUT2D eigenvalue weighted by Crippen LogP contribution is 2.45. The molecule has 0 radical (unpaired) electrons. The van der Waals surface area contributed by atoms with Gasteiger partial charge < -0.3 is 25.0 Å². The molecule has 2 N–H and O–H groups in total. The average molecular weight is 658 g/mol. The molecule has 0 bridgehead atoms. The molecule has 13 heteroatoms. The number of nitrogens with zero attached hydrogens (tertiary/aromatic N) is 5. The fourth-order valence-electron chi connectivity index (χ4n) is 6.83. The summed E-state index contributed by atoms with van der Waals surface area (Å²) in [5.41, 5.74) is 3.21. The van der Waals surface area contributed by atoms with Gasteiger partial charge in [0.1, 0.15) is 29.0 Å². The second-order valence-electron chi connectivity index (χ2n) is 12.4. The van der Waals surface area contributed by atoms with Gasteiger partial charge in [-0.05, 0) is 43.5 Å². The number of ether oxygens (including phenoxy) is 2. The van der Waals surface area contributed by atoms with Gasteiger partial charge in [0.25, 0.3) is 0 Å². The van der Waals surface area contributed by atoms with Crippen molar-refractivity contribution in [3.8, 4) is 29.6 Å². The van der Waals surface area contributed by atoms with Crippen molar-refractivity contribution in [3.63, 3.8) is 0 Å². The number of piperidine rings is 1. The van der Waals surface area contributed by atoms with Crippen LogP contribution in [0.15, 0.2) is 30.5 Å². The van der Waals surface area contributed by atoms with E-state index in [1.54, 1.807) is 0 Å². The fourth-order valence-corrected chi connectivity index (χ4v) is 6.83. The van der Waals surface area contributed by atoms with Crippen molar-refractivity contribution in [2.45, 2.75) is 32.0 Å². The monoisotopic (exact) mass is 657 g/mol. The summed E-state index contributed by atoms with van der Waals surface area (Å²) < 4.78 is 129. The van der Waals surface area contributed by atoms with Gasteiger partial charge in [0.2, 0.25) is 6.43 Å². The van der Waals surface area contributed by atoms with E-state index in [4.69, 9.17) is 28.5 Å². The van der Waals surface area contributed by atoms with Crippen molar-refractivity contribution in [1.29, 1.82) is 0 Å². The molecule has 2 aromatic heterocycles. The van der Waals surface area contributed by atoms with E-state index in [-0.39, 0.29) is 71.8 Å². The minimum absolute atomic E-state index is 0.0200. The largest absolute Gasteiger partial charge is 0.463 e. The SMILES string of the molecule is [2H]C([2H])([2H])N1CC[C@H](C(F)F)[C@](C)(C([2H])([2H])Oc2nc(N3CCOC[C@H]4[C@H](F)[C@H]43)c3cnc(-c4cc(N)cc5ccc(F)c(C#C)c45)c(F)c3n2)C1. The van der Waals surface area contributed by atoms with Gasteiger partial charge in [-0.3, -0.25) is 4.98 Å². The quantitative estimate of drug-likeness (QED) is 0.166. The minimum Gasteiger partial charge on any atom is -0.463 e. The van der Waals surface area contributed by atoms with Crippen LogP contribution in [0, 0.1) is 41.2 Å². The zero-order valence-corrected chi connectivity index (χ0v) is 25.1. The van der Waals surface area contributed by atoms with E-state index in [0.29, 0.717) is 5.39 Å². The predicted octanol–water partition coefficient (Wildman–Crippen LogP) is 5.46. The molecule has 2 saturated heterocycles. The lowest BCUT2D eigenvalue weighted by molar-refractivity contribution is -0.0679. The van der Waals surface area contributed by atoms with E-state index in [9.17, 15) is 13.2 Å². The lowest BCUT2D eigenvalue weighted by Crippen LogP contribution is -2.51. The Hall–Kier alpha value is -4.28. The highest BCUT2D eigenvalue weighted by molar-refractivity contribution is 6.03. The third-order valence-electron chi connectivity index (χ3n) is 9.31. The first-order valence-electron chi connectivity index (χ1n) is 17.5. The lowest BCUT2D eigenvalue weighted by atomic mass is 9.73. The predicted molar refractivity (Wildman–Crippen MR) is 168 cm³/mol. The number of benzene rings is 2. The Morgan fingerprint density at radius 2 is 2.11 bits per heavy atom. The number of aromatic nitrogens is 3. The minimum atomic E-state index is -3.05. The molecule has 3 aliphatic rings. The van der Waals surface area contributed by atoms with Crippen molar-refractivity contribution >= 4 is 33.2 Å². The third kappa shape index (κ3) is 5.37. The van der Waals surface area contributed by atoms with Crippen LogP contribution in [0.25, 0.3) is 32.9 Å². The molecular weight excluding hydrogens is 619 g/mol. The Morgan fingerprint density at radius 1 is 1.28 bits per heavy atom. The molecule has 2 aliphatic heterocycles. The van der Waals surface area contributed by atoms with Gasteiger partial charge in [0, 0.05) is 57.3 Å². The summed E-state index contributed by atoms with van der Waals surface area (Å²) in [7, 11) is 0. The Bertz CT molecular complexity index is 2120. The second-order valence-corrected chi connectivity index (χ2v) is 12.4. The molecule has 0 unspecified atom stereocenters. The standard InChI is InChI=1S/C34H33F5N6O2/c1-4-19-24(35)6-5-17-11-18(40)12-20(25(17)19)28-27(37)29-21(13-41-28)32(45-9-10-46-14-22-26(36)30(22)45)43-33(42-29)47-16-34(2)15-44(3)8-7-23(34)31(38)39/h1,5-6,11-13,22-23,26,30-31H,7-10,14-16,40H2,2-3H3/t22-,23+,26-,30-,34-/m0/s1/i3D3,16D2. The second kappa shape index (κ2) is 11.8. The maximum Gasteiger partial charge on any atom is 0.319 e. The Kier molecular flexibility index (Phi) is 6.44.